The van der Waals surface area contributed by atoms with Crippen LogP contribution in [0.2, 0.25) is 5.02 Å². The van der Waals surface area contributed by atoms with Gasteiger partial charge < -0.3 is 9.84 Å². The van der Waals surface area contributed by atoms with E-state index in [-0.39, 0.29) is 22.5 Å². The van der Waals surface area contributed by atoms with Crippen LogP contribution in [-0.2, 0) is 10.0 Å². The predicted molar refractivity (Wildman–Crippen MR) is 92.9 cm³/mol. The van der Waals surface area contributed by atoms with Crippen molar-refractivity contribution in [3.8, 4) is 5.75 Å². The highest BCUT2D eigenvalue weighted by Crippen LogP contribution is 2.38. The van der Waals surface area contributed by atoms with Gasteiger partial charge in [0, 0.05) is 12.6 Å². The van der Waals surface area contributed by atoms with Crippen LogP contribution in [0.5, 0.6) is 5.75 Å². The Labute approximate surface area is 148 Å². The molecule has 0 radical (unpaired) electrons. The molecule has 7 heteroatoms. The van der Waals surface area contributed by atoms with Crippen molar-refractivity contribution in [3.05, 3.63) is 23.2 Å². The second kappa shape index (κ2) is 7.20. The summed E-state index contributed by atoms with van der Waals surface area (Å²) in [5.74, 6) is 0.778. The van der Waals surface area contributed by atoms with Gasteiger partial charge >= 0.3 is 0 Å². The molecule has 1 N–H and O–H groups in total. The number of hydrogen-bond acceptors (Lipinski definition) is 4. The van der Waals surface area contributed by atoms with Gasteiger partial charge in [-0.25, -0.2) is 8.42 Å². The third-order valence-electron chi connectivity index (χ3n) is 5.20. The van der Waals surface area contributed by atoms with Gasteiger partial charge in [-0.2, -0.15) is 4.31 Å². The molecule has 3 rings (SSSR count). The molecule has 0 unspecified atom stereocenters. The molecule has 2 aliphatic rings. The molecule has 0 spiro atoms. The summed E-state index contributed by atoms with van der Waals surface area (Å²) in [4.78, 5) is 0.156. The van der Waals surface area contributed by atoms with E-state index in [1.807, 2.05) is 0 Å². The van der Waals surface area contributed by atoms with Gasteiger partial charge in [-0.1, -0.05) is 30.9 Å². The maximum absolute atomic E-state index is 13.1. The first kappa shape index (κ1) is 18.0. The lowest BCUT2D eigenvalue weighted by atomic mass is 9.83. The topological polar surface area (TPSA) is 66.8 Å². The summed E-state index contributed by atoms with van der Waals surface area (Å²) in [7, 11) is -2.19. The molecule has 1 aliphatic heterocycles. The van der Waals surface area contributed by atoms with Crippen LogP contribution >= 0.6 is 11.6 Å². The van der Waals surface area contributed by atoms with Gasteiger partial charge in [0.1, 0.15) is 5.75 Å². The highest BCUT2D eigenvalue weighted by molar-refractivity contribution is 7.89. The van der Waals surface area contributed by atoms with E-state index >= 15 is 0 Å². The Kier molecular flexibility index (Phi) is 5.39. The van der Waals surface area contributed by atoms with Gasteiger partial charge in [-0.3, -0.25) is 0 Å². The van der Waals surface area contributed by atoms with Gasteiger partial charge in [0.25, 0.3) is 0 Å². The van der Waals surface area contributed by atoms with Gasteiger partial charge in [0.2, 0.25) is 10.0 Å². The Bertz CT molecular complexity index is 688. The number of methoxy groups -OCH3 is 1. The van der Waals surface area contributed by atoms with Crippen LogP contribution in [-0.4, -0.2) is 43.6 Å². The molecule has 134 valence electrons. The average Bonchev–Trinajstić information content (AvgIpc) is 2.98. The third kappa shape index (κ3) is 3.43. The van der Waals surface area contributed by atoms with Crippen molar-refractivity contribution in [1.29, 1.82) is 0 Å². The van der Waals surface area contributed by atoms with Gasteiger partial charge in [-0.05, 0) is 43.4 Å². The van der Waals surface area contributed by atoms with Crippen molar-refractivity contribution in [3.63, 3.8) is 0 Å². The Morgan fingerprint density at radius 3 is 2.58 bits per heavy atom. The third-order valence-corrected chi connectivity index (χ3v) is 7.38. The molecule has 1 saturated carbocycles. The first-order valence-electron chi connectivity index (χ1n) is 8.47. The molecule has 1 saturated heterocycles. The first-order chi connectivity index (χ1) is 11.4. The summed E-state index contributed by atoms with van der Waals surface area (Å²) in [5, 5.41) is 10.4. The lowest BCUT2D eigenvalue weighted by Crippen LogP contribution is -2.40. The molecule has 0 aromatic heterocycles. The fourth-order valence-electron chi connectivity index (χ4n) is 3.98. The normalized spacial score (nSPS) is 26.6. The monoisotopic (exact) mass is 373 g/mol. The van der Waals surface area contributed by atoms with Crippen LogP contribution in [0.3, 0.4) is 0 Å². The SMILES string of the molecule is COc1ccc(S(=O)(=O)N2C[C@H](O)C[C@@H]2C2CCCCC2)cc1Cl. The number of β-amino-alcohol motifs (C(OH)–C–C–N with tert-alkyl or cyclic N) is 1. The Balaban J connectivity index is 1.90. The summed E-state index contributed by atoms with van der Waals surface area (Å²) >= 11 is 6.10. The molecular formula is C17H24ClNO4S. The van der Waals surface area contributed by atoms with Gasteiger partial charge in [0.15, 0.2) is 0 Å². The number of aliphatic hydroxyl groups is 1. The van der Waals surface area contributed by atoms with Crippen molar-refractivity contribution in [2.45, 2.75) is 55.6 Å². The molecular weight excluding hydrogens is 350 g/mol. The zero-order valence-electron chi connectivity index (χ0n) is 13.8. The van der Waals surface area contributed by atoms with Crippen LogP contribution in [0.25, 0.3) is 0 Å². The quantitative estimate of drug-likeness (QED) is 0.880. The molecule has 1 aromatic carbocycles. The Morgan fingerprint density at radius 2 is 1.96 bits per heavy atom. The van der Waals surface area contributed by atoms with E-state index in [0.717, 1.165) is 25.7 Å². The standard InChI is InChI=1S/C17H24ClNO4S/c1-23-17-8-7-14(10-15(17)18)24(21,22)19-11-13(20)9-16(19)12-5-3-2-4-6-12/h7-8,10,12-13,16,20H,2-6,9,11H2,1H3/t13-,16-/m1/s1. The van der Waals surface area contributed by atoms with Crippen molar-refractivity contribution in [2.75, 3.05) is 13.7 Å². The highest BCUT2D eigenvalue weighted by atomic mass is 35.5. The van der Waals surface area contributed by atoms with Gasteiger partial charge in [-0.15, -0.1) is 0 Å². The van der Waals surface area contributed by atoms with Crippen LogP contribution in [0.4, 0.5) is 0 Å². The number of ether oxygens (including phenoxy) is 1. The number of halogens is 1. The summed E-state index contributed by atoms with van der Waals surface area (Å²) in [6.45, 7) is 0.160. The molecule has 5 nitrogen and oxygen atoms in total. The average molecular weight is 374 g/mol. The lowest BCUT2D eigenvalue weighted by Gasteiger charge is -2.33. The Hall–Kier alpha value is -0.820. The van der Waals surface area contributed by atoms with Crippen LogP contribution < -0.4 is 4.74 Å². The summed E-state index contributed by atoms with van der Waals surface area (Å²) in [6, 6.07) is 4.39. The van der Waals surface area contributed by atoms with E-state index in [2.05, 4.69) is 0 Å². The molecule has 24 heavy (non-hydrogen) atoms. The van der Waals surface area contributed by atoms with Crippen LogP contribution in [0.1, 0.15) is 38.5 Å². The second-order valence-corrected chi connectivity index (χ2v) is 9.02. The minimum atomic E-state index is -3.68. The summed E-state index contributed by atoms with van der Waals surface area (Å²) in [6.07, 6.45) is 5.49. The van der Waals surface area contributed by atoms with Crippen molar-refractivity contribution in [1.82, 2.24) is 4.31 Å². The summed E-state index contributed by atoms with van der Waals surface area (Å²) in [5.41, 5.74) is 0. The van der Waals surface area contributed by atoms with E-state index in [1.165, 1.54) is 30.0 Å². The number of aliphatic hydroxyl groups excluding tert-OH is 1. The van der Waals surface area contributed by atoms with Crippen LogP contribution in [0.15, 0.2) is 23.1 Å². The molecule has 0 bridgehead atoms. The molecule has 1 heterocycles. The minimum Gasteiger partial charge on any atom is -0.495 e. The number of hydrogen-bond donors (Lipinski definition) is 1. The van der Waals surface area contributed by atoms with Crippen LogP contribution in [0, 0.1) is 5.92 Å². The molecule has 2 atom stereocenters. The van der Waals surface area contributed by atoms with Crippen molar-refractivity contribution < 1.29 is 18.3 Å². The molecule has 1 aromatic rings. The first-order valence-corrected chi connectivity index (χ1v) is 10.3. The summed E-state index contributed by atoms with van der Waals surface area (Å²) < 4.78 is 32.8. The minimum absolute atomic E-state index is 0.119. The van der Waals surface area contributed by atoms with Crippen molar-refractivity contribution >= 4 is 21.6 Å². The maximum atomic E-state index is 13.1. The molecule has 2 fully saturated rings. The zero-order valence-corrected chi connectivity index (χ0v) is 15.4. The van der Waals surface area contributed by atoms with Crippen molar-refractivity contribution in [2.24, 2.45) is 5.92 Å². The van der Waals surface area contributed by atoms with E-state index in [9.17, 15) is 13.5 Å². The van der Waals surface area contributed by atoms with E-state index in [4.69, 9.17) is 16.3 Å². The van der Waals surface area contributed by atoms with E-state index in [0.29, 0.717) is 18.1 Å². The number of benzene rings is 1. The Morgan fingerprint density at radius 1 is 1.25 bits per heavy atom. The number of sulfonamides is 1. The molecule has 1 aliphatic carbocycles. The predicted octanol–water partition coefficient (Wildman–Crippen LogP) is 3.05. The van der Waals surface area contributed by atoms with E-state index < -0.39 is 16.1 Å². The number of rotatable bonds is 4. The maximum Gasteiger partial charge on any atom is 0.243 e. The lowest BCUT2D eigenvalue weighted by molar-refractivity contribution is 0.185. The number of nitrogens with zero attached hydrogens (tertiary/aromatic N) is 1. The highest BCUT2D eigenvalue weighted by Gasteiger charge is 2.43. The fourth-order valence-corrected chi connectivity index (χ4v) is 6.06. The molecule has 0 amide bonds. The van der Waals surface area contributed by atoms with Gasteiger partial charge in [0.05, 0.1) is 23.1 Å². The largest absolute Gasteiger partial charge is 0.495 e. The smallest absolute Gasteiger partial charge is 0.243 e. The second-order valence-electron chi connectivity index (χ2n) is 6.73. The zero-order chi connectivity index (χ0) is 17.3. The fraction of sp³-hybridized carbons (Fsp3) is 0.647. The van der Waals surface area contributed by atoms with E-state index in [1.54, 1.807) is 6.07 Å².